The molecule has 1 aliphatic carbocycles. The first kappa shape index (κ1) is 19.0. The number of thioether (sulfide) groups is 1. The molecule has 0 fully saturated rings. The number of para-hydroxylation sites is 2. The molecule has 7 nitrogen and oxygen atoms in total. The molecule has 1 aromatic heterocycles. The standard InChI is InChI=1S/C22H21N3O4S/c26-20(23-16-9-5-7-14-6-1-2-8-15(14)16)13-30-22-25-24-21(29-22)19-12-27-17-10-3-4-11-18(17)28-19/h1-4,6,8,10-11,16,19H,5,7,9,12-13H2,(H,23,26)/t16-,19+/m0/s1. The van der Waals surface area contributed by atoms with Gasteiger partial charge in [0.2, 0.25) is 12.0 Å². The number of amides is 1. The van der Waals surface area contributed by atoms with Gasteiger partial charge in [0.1, 0.15) is 6.61 Å². The first-order valence-corrected chi connectivity index (χ1v) is 11.0. The Kier molecular flexibility index (Phi) is 5.31. The third kappa shape index (κ3) is 4.00. The summed E-state index contributed by atoms with van der Waals surface area (Å²) in [6.07, 6.45) is 2.64. The predicted molar refractivity (Wildman–Crippen MR) is 111 cm³/mol. The van der Waals surface area contributed by atoms with E-state index in [-0.39, 0.29) is 17.7 Å². The number of carbonyl (C=O) groups is 1. The molecule has 0 radical (unpaired) electrons. The van der Waals surface area contributed by atoms with Gasteiger partial charge in [0, 0.05) is 0 Å². The SMILES string of the molecule is O=C(CSc1nnc([C@H]2COc3ccccc3O2)o1)N[C@H]1CCCc2ccccc21. The molecule has 5 rings (SSSR count). The minimum absolute atomic E-state index is 0.0485. The number of aryl methyl sites for hydroxylation is 1. The summed E-state index contributed by atoms with van der Waals surface area (Å²) in [5.41, 5.74) is 2.54. The molecular formula is C22H21N3O4S. The highest BCUT2D eigenvalue weighted by Gasteiger charge is 2.27. The molecule has 8 heteroatoms. The summed E-state index contributed by atoms with van der Waals surface area (Å²) in [6.45, 7) is 0.297. The molecule has 2 aromatic carbocycles. The fraction of sp³-hybridized carbons (Fsp3) is 0.318. The molecule has 2 atom stereocenters. The zero-order valence-corrected chi connectivity index (χ0v) is 17.1. The Labute approximate surface area is 178 Å². The van der Waals surface area contributed by atoms with E-state index in [1.807, 2.05) is 36.4 Å². The molecular weight excluding hydrogens is 402 g/mol. The Morgan fingerprint density at radius 3 is 2.87 bits per heavy atom. The quantitative estimate of drug-likeness (QED) is 0.624. The summed E-state index contributed by atoms with van der Waals surface area (Å²) < 4.78 is 17.3. The highest BCUT2D eigenvalue weighted by Crippen LogP contribution is 2.36. The normalized spacial score (nSPS) is 19.7. The zero-order chi connectivity index (χ0) is 20.3. The monoisotopic (exact) mass is 423 g/mol. The Hall–Kier alpha value is -3.00. The molecule has 1 N–H and O–H groups in total. The van der Waals surface area contributed by atoms with Crippen molar-refractivity contribution in [2.75, 3.05) is 12.4 Å². The Balaban J connectivity index is 1.16. The summed E-state index contributed by atoms with van der Waals surface area (Å²) >= 11 is 1.22. The number of benzene rings is 2. The summed E-state index contributed by atoms with van der Waals surface area (Å²) in [6, 6.07) is 15.8. The van der Waals surface area contributed by atoms with Gasteiger partial charge in [-0.15, -0.1) is 10.2 Å². The number of fused-ring (bicyclic) bond motifs is 2. The van der Waals surface area contributed by atoms with Crippen LogP contribution < -0.4 is 14.8 Å². The van der Waals surface area contributed by atoms with Gasteiger partial charge in [0.25, 0.3) is 11.1 Å². The number of rotatable bonds is 5. The van der Waals surface area contributed by atoms with Crippen LogP contribution in [0, 0.1) is 0 Å². The van der Waals surface area contributed by atoms with E-state index in [0.717, 1.165) is 19.3 Å². The molecule has 2 heterocycles. The molecule has 0 spiro atoms. The molecule has 3 aromatic rings. The fourth-order valence-corrected chi connectivity index (χ4v) is 4.40. The van der Waals surface area contributed by atoms with Crippen molar-refractivity contribution >= 4 is 17.7 Å². The molecule has 154 valence electrons. The summed E-state index contributed by atoms with van der Waals surface area (Å²) in [4.78, 5) is 12.5. The maximum absolute atomic E-state index is 12.5. The van der Waals surface area contributed by atoms with Gasteiger partial charge >= 0.3 is 0 Å². The van der Waals surface area contributed by atoms with Crippen LogP contribution in [0.2, 0.25) is 0 Å². The molecule has 0 bridgehead atoms. The smallest absolute Gasteiger partial charge is 0.277 e. The number of hydrogen-bond acceptors (Lipinski definition) is 7. The van der Waals surface area contributed by atoms with Gasteiger partial charge in [0.15, 0.2) is 11.5 Å². The van der Waals surface area contributed by atoms with Crippen molar-refractivity contribution in [3.63, 3.8) is 0 Å². The Morgan fingerprint density at radius 2 is 1.93 bits per heavy atom. The van der Waals surface area contributed by atoms with Crippen LogP contribution in [0.4, 0.5) is 0 Å². The lowest BCUT2D eigenvalue weighted by Gasteiger charge is -2.26. The fourth-order valence-electron chi connectivity index (χ4n) is 3.82. The lowest BCUT2D eigenvalue weighted by molar-refractivity contribution is -0.119. The van der Waals surface area contributed by atoms with Crippen LogP contribution in [0.1, 0.15) is 42.0 Å². The van der Waals surface area contributed by atoms with Gasteiger partial charge in [0.05, 0.1) is 11.8 Å². The van der Waals surface area contributed by atoms with Gasteiger partial charge in [-0.1, -0.05) is 48.2 Å². The van der Waals surface area contributed by atoms with Gasteiger partial charge < -0.3 is 19.2 Å². The van der Waals surface area contributed by atoms with Crippen LogP contribution in [0.15, 0.2) is 58.2 Å². The van der Waals surface area contributed by atoms with E-state index in [9.17, 15) is 4.79 Å². The van der Waals surface area contributed by atoms with E-state index in [1.54, 1.807) is 0 Å². The van der Waals surface area contributed by atoms with Crippen LogP contribution in [-0.4, -0.2) is 28.5 Å². The lowest BCUT2D eigenvalue weighted by Crippen LogP contribution is -2.32. The van der Waals surface area contributed by atoms with E-state index < -0.39 is 6.10 Å². The van der Waals surface area contributed by atoms with Crippen molar-refractivity contribution < 1.29 is 18.7 Å². The van der Waals surface area contributed by atoms with E-state index in [4.69, 9.17) is 13.9 Å². The summed E-state index contributed by atoms with van der Waals surface area (Å²) in [5, 5.41) is 11.6. The van der Waals surface area contributed by atoms with Crippen molar-refractivity contribution in [3.05, 3.63) is 65.5 Å². The van der Waals surface area contributed by atoms with Crippen molar-refractivity contribution in [2.45, 2.75) is 36.6 Å². The molecule has 0 unspecified atom stereocenters. The lowest BCUT2D eigenvalue weighted by atomic mass is 9.88. The maximum Gasteiger partial charge on any atom is 0.277 e. The zero-order valence-electron chi connectivity index (χ0n) is 16.2. The van der Waals surface area contributed by atoms with Crippen LogP contribution in [-0.2, 0) is 11.2 Å². The van der Waals surface area contributed by atoms with Crippen LogP contribution in [0.3, 0.4) is 0 Å². The first-order chi connectivity index (χ1) is 14.8. The number of nitrogens with one attached hydrogen (secondary N) is 1. The number of hydrogen-bond donors (Lipinski definition) is 1. The van der Waals surface area contributed by atoms with E-state index in [2.05, 4.69) is 27.6 Å². The second kappa shape index (κ2) is 8.39. The largest absolute Gasteiger partial charge is 0.485 e. The Bertz CT molecular complexity index is 1050. The second-order valence-corrected chi connectivity index (χ2v) is 8.20. The molecule has 1 amide bonds. The molecule has 1 aliphatic heterocycles. The average Bonchev–Trinajstić information content (AvgIpc) is 3.27. The van der Waals surface area contributed by atoms with Crippen LogP contribution >= 0.6 is 11.8 Å². The third-order valence-corrected chi connectivity index (χ3v) is 6.06. The molecule has 0 saturated heterocycles. The number of aromatic nitrogens is 2. The van der Waals surface area contributed by atoms with Crippen molar-refractivity contribution in [1.82, 2.24) is 15.5 Å². The third-order valence-electron chi connectivity index (χ3n) is 5.24. The van der Waals surface area contributed by atoms with Gasteiger partial charge in [-0.3, -0.25) is 4.79 Å². The minimum Gasteiger partial charge on any atom is -0.485 e. The van der Waals surface area contributed by atoms with E-state index >= 15 is 0 Å². The van der Waals surface area contributed by atoms with Crippen LogP contribution in [0.25, 0.3) is 0 Å². The average molecular weight is 423 g/mol. The number of ether oxygens (including phenoxy) is 2. The Morgan fingerprint density at radius 1 is 1.10 bits per heavy atom. The van der Waals surface area contributed by atoms with Crippen molar-refractivity contribution in [2.24, 2.45) is 0 Å². The van der Waals surface area contributed by atoms with E-state index in [1.165, 1.54) is 22.9 Å². The second-order valence-electron chi connectivity index (χ2n) is 7.27. The van der Waals surface area contributed by atoms with Crippen molar-refractivity contribution in [1.29, 1.82) is 0 Å². The summed E-state index contributed by atoms with van der Waals surface area (Å²) in [7, 11) is 0. The minimum atomic E-state index is -0.464. The topological polar surface area (TPSA) is 86.5 Å². The van der Waals surface area contributed by atoms with Crippen LogP contribution in [0.5, 0.6) is 11.5 Å². The van der Waals surface area contributed by atoms with Gasteiger partial charge in [-0.2, -0.15) is 0 Å². The molecule has 2 aliphatic rings. The first-order valence-electron chi connectivity index (χ1n) is 9.98. The molecule has 30 heavy (non-hydrogen) atoms. The number of nitrogens with zero attached hydrogens (tertiary/aromatic N) is 2. The van der Waals surface area contributed by atoms with E-state index in [0.29, 0.717) is 29.2 Å². The highest BCUT2D eigenvalue weighted by atomic mass is 32.2. The van der Waals surface area contributed by atoms with Crippen molar-refractivity contribution in [3.8, 4) is 11.5 Å². The van der Waals surface area contributed by atoms with Gasteiger partial charge in [-0.25, -0.2) is 0 Å². The van der Waals surface area contributed by atoms with Gasteiger partial charge in [-0.05, 0) is 42.5 Å². The summed E-state index contributed by atoms with van der Waals surface area (Å²) in [5.74, 6) is 1.85. The number of carbonyl (C=O) groups excluding carboxylic acids is 1. The highest BCUT2D eigenvalue weighted by molar-refractivity contribution is 7.99. The maximum atomic E-state index is 12.5. The predicted octanol–water partition coefficient (Wildman–Crippen LogP) is 3.87. The molecule has 0 saturated carbocycles.